The molecule has 70 valence electrons. The molecule has 0 amide bonds. The Morgan fingerprint density at radius 1 is 0.750 bits per heavy atom. The van der Waals surface area contributed by atoms with Crippen LogP contribution in [0.15, 0.2) is 5.16 Å². The average molecular weight is 169 g/mol. The Bertz CT molecular complexity index is 131. The maximum atomic E-state index is 8.66. The van der Waals surface area contributed by atoms with Gasteiger partial charge in [0.25, 0.3) is 0 Å². The normalized spacial score (nSPS) is 21.8. The van der Waals surface area contributed by atoms with Crippen LogP contribution < -0.4 is 0 Å². The quantitative estimate of drug-likeness (QED) is 0.438. The van der Waals surface area contributed by atoms with Crippen molar-refractivity contribution in [2.24, 2.45) is 5.16 Å². The summed E-state index contributed by atoms with van der Waals surface area (Å²) in [6.45, 7) is 0. The molecule has 1 N–H and O–H groups in total. The maximum Gasteiger partial charge on any atom is 0.0570 e. The summed E-state index contributed by atoms with van der Waals surface area (Å²) in [5.41, 5.74) is 1.01. The molecule has 1 rings (SSSR count). The van der Waals surface area contributed by atoms with Crippen molar-refractivity contribution >= 4 is 5.71 Å². The second-order valence-electron chi connectivity index (χ2n) is 3.64. The lowest BCUT2D eigenvalue weighted by molar-refractivity contribution is 0.315. The first kappa shape index (κ1) is 9.56. The van der Waals surface area contributed by atoms with E-state index < -0.39 is 0 Å². The second-order valence-corrected chi connectivity index (χ2v) is 3.64. The van der Waals surface area contributed by atoms with E-state index in [1.54, 1.807) is 0 Å². The van der Waals surface area contributed by atoms with Crippen LogP contribution in [-0.4, -0.2) is 10.9 Å². The molecule has 1 aliphatic rings. The van der Waals surface area contributed by atoms with Crippen molar-refractivity contribution in [1.29, 1.82) is 0 Å². The van der Waals surface area contributed by atoms with Crippen LogP contribution in [0.2, 0.25) is 0 Å². The Kier molecular flexibility index (Phi) is 4.81. The molecule has 0 spiro atoms. The van der Waals surface area contributed by atoms with Crippen LogP contribution in [-0.2, 0) is 0 Å². The van der Waals surface area contributed by atoms with Crippen LogP contribution in [0.1, 0.15) is 57.8 Å². The van der Waals surface area contributed by atoms with Gasteiger partial charge in [-0.15, -0.1) is 0 Å². The number of hydrogen-bond donors (Lipinski definition) is 1. The SMILES string of the molecule is ON=C1CCCCCCCCC1. The summed E-state index contributed by atoms with van der Waals surface area (Å²) in [5.74, 6) is 0. The lowest BCUT2D eigenvalue weighted by Gasteiger charge is -2.07. The minimum Gasteiger partial charge on any atom is -0.411 e. The van der Waals surface area contributed by atoms with Gasteiger partial charge in [0.15, 0.2) is 0 Å². The summed E-state index contributed by atoms with van der Waals surface area (Å²) >= 11 is 0. The highest BCUT2D eigenvalue weighted by Gasteiger charge is 2.03. The fourth-order valence-corrected chi connectivity index (χ4v) is 1.77. The van der Waals surface area contributed by atoms with E-state index >= 15 is 0 Å². The van der Waals surface area contributed by atoms with Gasteiger partial charge in [0.2, 0.25) is 0 Å². The first-order valence-corrected chi connectivity index (χ1v) is 5.13. The fraction of sp³-hybridized carbons (Fsp3) is 0.900. The summed E-state index contributed by atoms with van der Waals surface area (Å²) in [7, 11) is 0. The molecular weight excluding hydrogens is 150 g/mol. The first-order valence-electron chi connectivity index (χ1n) is 5.13. The Hall–Kier alpha value is -0.530. The van der Waals surface area contributed by atoms with Crippen molar-refractivity contribution in [3.8, 4) is 0 Å². The largest absolute Gasteiger partial charge is 0.411 e. The van der Waals surface area contributed by atoms with Crippen LogP contribution >= 0.6 is 0 Å². The molecule has 0 heterocycles. The van der Waals surface area contributed by atoms with Crippen molar-refractivity contribution in [3.05, 3.63) is 0 Å². The molecule has 0 aromatic rings. The predicted molar refractivity (Wildman–Crippen MR) is 50.8 cm³/mol. The highest BCUT2D eigenvalue weighted by Crippen LogP contribution is 2.14. The van der Waals surface area contributed by atoms with E-state index in [-0.39, 0.29) is 0 Å². The van der Waals surface area contributed by atoms with Crippen LogP contribution in [0.3, 0.4) is 0 Å². The highest BCUT2D eigenvalue weighted by atomic mass is 16.4. The standard InChI is InChI=1S/C10H19NO/c12-11-10-8-6-4-2-1-3-5-7-9-10/h12H,1-9H2. The van der Waals surface area contributed by atoms with Gasteiger partial charge >= 0.3 is 0 Å². The van der Waals surface area contributed by atoms with Gasteiger partial charge in [-0.2, -0.15) is 0 Å². The molecule has 1 aliphatic carbocycles. The van der Waals surface area contributed by atoms with E-state index in [0.29, 0.717) is 0 Å². The van der Waals surface area contributed by atoms with Crippen LogP contribution in [0.4, 0.5) is 0 Å². The third kappa shape index (κ3) is 3.74. The zero-order valence-electron chi connectivity index (χ0n) is 7.76. The fourth-order valence-electron chi connectivity index (χ4n) is 1.77. The summed E-state index contributed by atoms with van der Waals surface area (Å²) < 4.78 is 0. The molecular formula is C10H19NO. The number of hydrogen-bond acceptors (Lipinski definition) is 2. The summed E-state index contributed by atoms with van der Waals surface area (Å²) in [6, 6.07) is 0. The minimum absolute atomic E-state index is 1.01. The molecule has 0 bridgehead atoms. The Morgan fingerprint density at radius 3 is 1.58 bits per heavy atom. The van der Waals surface area contributed by atoms with Gasteiger partial charge in [-0.3, -0.25) is 0 Å². The molecule has 0 atom stereocenters. The van der Waals surface area contributed by atoms with Crippen molar-refractivity contribution in [3.63, 3.8) is 0 Å². The monoisotopic (exact) mass is 169 g/mol. The molecule has 2 nitrogen and oxygen atoms in total. The van der Waals surface area contributed by atoms with Crippen molar-refractivity contribution in [1.82, 2.24) is 0 Å². The molecule has 2 heteroatoms. The number of rotatable bonds is 0. The van der Waals surface area contributed by atoms with Crippen molar-refractivity contribution in [2.45, 2.75) is 57.8 Å². The average Bonchev–Trinajstić information content (AvgIpc) is 2.14. The van der Waals surface area contributed by atoms with Crippen LogP contribution in [0.25, 0.3) is 0 Å². The molecule has 0 unspecified atom stereocenters. The Balaban J connectivity index is 2.27. The van der Waals surface area contributed by atoms with Gasteiger partial charge in [0.1, 0.15) is 0 Å². The summed E-state index contributed by atoms with van der Waals surface area (Å²) in [4.78, 5) is 0. The Morgan fingerprint density at radius 2 is 1.17 bits per heavy atom. The van der Waals surface area contributed by atoms with E-state index in [2.05, 4.69) is 5.16 Å². The maximum absolute atomic E-state index is 8.66. The molecule has 1 fully saturated rings. The minimum atomic E-state index is 1.01. The van der Waals surface area contributed by atoms with Crippen LogP contribution in [0, 0.1) is 0 Å². The van der Waals surface area contributed by atoms with E-state index in [1.807, 2.05) is 0 Å². The molecule has 12 heavy (non-hydrogen) atoms. The molecule has 0 saturated heterocycles. The zero-order chi connectivity index (χ0) is 8.65. The summed E-state index contributed by atoms with van der Waals surface area (Å²) in [5, 5.41) is 12.0. The molecule has 0 aromatic carbocycles. The van der Waals surface area contributed by atoms with Gasteiger partial charge in [-0.1, -0.05) is 37.3 Å². The van der Waals surface area contributed by atoms with Gasteiger partial charge in [0, 0.05) is 0 Å². The molecule has 0 aliphatic heterocycles. The Labute approximate surface area is 74.7 Å². The van der Waals surface area contributed by atoms with Crippen molar-refractivity contribution in [2.75, 3.05) is 0 Å². The highest BCUT2D eigenvalue weighted by molar-refractivity contribution is 5.83. The molecule has 1 saturated carbocycles. The topological polar surface area (TPSA) is 32.6 Å². The predicted octanol–water partition coefficient (Wildman–Crippen LogP) is 3.34. The van der Waals surface area contributed by atoms with E-state index in [1.165, 1.54) is 44.9 Å². The van der Waals surface area contributed by atoms with Gasteiger partial charge < -0.3 is 5.21 Å². The third-order valence-electron chi connectivity index (χ3n) is 2.57. The smallest absolute Gasteiger partial charge is 0.0570 e. The third-order valence-corrected chi connectivity index (χ3v) is 2.57. The van der Waals surface area contributed by atoms with Gasteiger partial charge in [-0.05, 0) is 25.7 Å². The number of oxime groups is 1. The number of nitrogens with zero attached hydrogens (tertiary/aromatic N) is 1. The summed E-state index contributed by atoms with van der Waals surface area (Å²) in [6.07, 6.45) is 11.2. The van der Waals surface area contributed by atoms with Crippen molar-refractivity contribution < 1.29 is 5.21 Å². The van der Waals surface area contributed by atoms with Gasteiger partial charge in [-0.25, -0.2) is 0 Å². The second kappa shape index (κ2) is 6.04. The van der Waals surface area contributed by atoms with Crippen LogP contribution in [0.5, 0.6) is 0 Å². The first-order chi connectivity index (χ1) is 5.93. The lowest BCUT2D eigenvalue weighted by atomic mass is 10.00. The lowest BCUT2D eigenvalue weighted by Crippen LogP contribution is -2.00. The van der Waals surface area contributed by atoms with Gasteiger partial charge in [0.05, 0.1) is 5.71 Å². The molecule has 0 radical (unpaired) electrons. The van der Waals surface area contributed by atoms with E-state index in [4.69, 9.17) is 5.21 Å². The van der Waals surface area contributed by atoms with E-state index in [0.717, 1.165) is 18.6 Å². The molecule has 0 aromatic heterocycles. The van der Waals surface area contributed by atoms with E-state index in [9.17, 15) is 0 Å². The zero-order valence-corrected chi connectivity index (χ0v) is 7.76.